The van der Waals surface area contributed by atoms with Crippen molar-refractivity contribution in [3.05, 3.63) is 24.3 Å². The minimum Gasteiger partial charge on any atom is -0.497 e. The highest BCUT2D eigenvalue weighted by molar-refractivity contribution is 7.80. The molecule has 1 atom stereocenters. The number of piperidine rings is 1. The lowest BCUT2D eigenvalue weighted by molar-refractivity contribution is -0.126. The number of benzene rings is 1. The van der Waals surface area contributed by atoms with Crippen molar-refractivity contribution in [2.45, 2.75) is 26.7 Å². The van der Waals surface area contributed by atoms with E-state index in [0.717, 1.165) is 37.4 Å². The number of hydrogen-bond donors (Lipinski definition) is 2. The molecule has 1 saturated heterocycles. The summed E-state index contributed by atoms with van der Waals surface area (Å²) in [6, 6.07) is 7.65. The van der Waals surface area contributed by atoms with Crippen LogP contribution in [-0.2, 0) is 4.79 Å². The molecule has 0 radical (unpaired) electrons. The number of hydrogen-bond acceptors (Lipinski definition) is 3. The Morgan fingerprint density at radius 3 is 2.71 bits per heavy atom. The van der Waals surface area contributed by atoms with Gasteiger partial charge in [-0.15, -0.1) is 0 Å². The summed E-state index contributed by atoms with van der Waals surface area (Å²) in [5, 5.41) is 6.94. The second kappa shape index (κ2) is 8.87. The van der Waals surface area contributed by atoms with E-state index >= 15 is 0 Å². The fourth-order valence-electron chi connectivity index (χ4n) is 2.70. The van der Waals surface area contributed by atoms with Crippen molar-refractivity contribution < 1.29 is 9.53 Å². The number of thiocarbonyl (C=S) groups is 1. The van der Waals surface area contributed by atoms with Crippen LogP contribution in [0.2, 0.25) is 0 Å². The van der Waals surface area contributed by atoms with Crippen molar-refractivity contribution in [3.8, 4) is 5.75 Å². The number of nitrogens with zero attached hydrogens (tertiary/aromatic N) is 1. The molecule has 1 unspecified atom stereocenters. The zero-order valence-electron chi connectivity index (χ0n) is 14.7. The summed E-state index contributed by atoms with van der Waals surface area (Å²) in [6.45, 7) is 6.48. The summed E-state index contributed by atoms with van der Waals surface area (Å²) >= 11 is 5.51. The van der Waals surface area contributed by atoms with Gasteiger partial charge in [0, 0.05) is 25.3 Å². The molecule has 1 aromatic carbocycles. The molecule has 0 bridgehead atoms. The molecule has 1 fully saturated rings. The van der Waals surface area contributed by atoms with Gasteiger partial charge in [-0.25, -0.2) is 0 Å². The molecule has 1 aromatic rings. The van der Waals surface area contributed by atoms with E-state index < -0.39 is 0 Å². The molecule has 24 heavy (non-hydrogen) atoms. The highest BCUT2D eigenvalue weighted by atomic mass is 32.1. The summed E-state index contributed by atoms with van der Waals surface area (Å²) in [4.78, 5) is 14.4. The monoisotopic (exact) mass is 349 g/mol. The molecule has 2 N–H and O–H groups in total. The predicted molar refractivity (Wildman–Crippen MR) is 101 cm³/mol. The smallest absolute Gasteiger partial charge is 0.224 e. The van der Waals surface area contributed by atoms with Crippen LogP contribution in [-0.4, -0.2) is 42.7 Å². The fraction of sp³-hybridized carbons (Fsp3) is 0.556. The first-order valence-electron chi connectivity index (χ1n) is 8.47. The van der Waals surface area contributed by atoms with Crippen molar-refractivity contribution in [2.75, 3.05) is 32.1 Å². The normalized spacial score (nSPS) is 17.5. The van der Waals surface area contributed by atoms with Crippen molar-refractivity contribution in [1.82, 2.24) is 10.2 Å². The highest BCUT2D eigenvalue weighted by Gasteiger charge is 2.27. The Bertz CT molecular complexity index is 560. The molecule has 132 valence electrons. The first-order valence-corrected chi connectivity index (χ1v) is 8.88. The molecule has 0 spiro atoms. The van der Waals surface area contributed by atoms with Gasteiger partial charge in [0.25, 0.3) is 0 Å². The minimum absolute atomic E-state index is 0.00752. The van der Waals surface area contributed by atoms with Gasteiger partial charge < -0.3 is 20.3 Å². The van der Waals surface area contributed by atoms with E-state index in [1.54, 1.807) is 7.11 Å². The minimum atomic E-state index is 0.00752. The molecule has 6 heteroatoms. The Kier molecular flexibility index (Phi) is 6.85. The Labute approximate surface area is 149 Å². The quantitative estimate of drug-likeness (QED) is 0.801. The first kappa shape index (κ1) is 18.5. The molecule has 1 aliphatic heterocycles. The van der Waals surface area contributed by atoms with Crippen LogP contribution in [0.15, 0.2) is 24.3 Å². The molecular formula is C18H27N3O2S. The van der Waals surface area contributed by atoms with E-state index in [4.69, 9.17) is 17.0 Å². The van der Waals surface area contributed by atoms with E-state index in [0.29, 0.717) is 17.6 Å². The number of carbonyl (C=O) groups is 1. The zero-order chi connectivity index (χ0) is 17.5. The number of nitrogens with one attached hydrogen (secondary N) is 2. The lowest BCUT2D eigenvalue weighted by Gasteiger charge is -2.34. The number of rotatable bonds is 5. The van der Waals surface area contributed by atoms with Gasteiger partial charge in [0.1, 0.15) is 5.75 Å². The second-order valence-corrected chi connectivity index (χ2v) is 6.97. The van der Waals surface area contributed by atoms with Gasteiger partial charge in [-0.1, -0.05) is 13.8 Å². The average Bonchev–Trinajstić information content (AvgIpc) is 2.60. The maximum Gasteiger partial charge on any atom is 0.224 e. The summed E-state index contributed by atoms with van der Waals surface area (Å²) in [6.07, 6.45) is 1.90. The molecule has 0 aliphatic carbocycles. The molecule has 1 amide bonds. The summed E-state index contributed by atoms with van der Waals surface area (Å²) in [7, 11) is 1.64. The number of carbonyl (C=O) groups excluding carboxylic acids is 1. The fourth-order valence-corrected chi connectivity index (χ4v) is 2.99. The Morgan fingerprint density at radius 2 is 2.08 bits per heavy atom. The lowest BCUT2D eigenvalue weighted by Crippen LogP contribution is -2.47. The number of amides is 1. The largest absolute Gasteiger partial charge is 0.497 e. The maximum absolute atomic E-state index is 12.3. The summed E-state index contributed by atoms with van der Waals surface area (Å²) in [5.41, 5.74) is 0.923. The van der Waals surface area contributed by atoms with Gasteiger partial charge >= 0.3 is 0 Å². The molecule has 0 aromatic heterocycles. The average molecular weight is 350 g/mol. The van der Waals surface area contributed by atoms with Crippen molar-refractivity contribution in [3.63, 3.8) is 0 Å². The van der Waals surface area contributed by atoms with E-state index in [1.165, 1.54) is 0 Å². The highest BCUT2D eigenvalue weighted by Crippen LogP contribution is 2.19. The van der Waals surface area contributed by atoms with Crippen LogP contribution in [0.5, 0.6) is 5.75 Å². The predicted octanol–water partition coefficient (Wildman–Crippen LogP) is 2.88. The molecule has 0 saturated carbocycles. The van der Waals surface area contributed by atoms with E-state index in [2.05, 4.69) is 29.4 Å². The zero-order valence-corrected chi connectivity index (χ0v) is 15.5. The summed E-state index contributed by atoms with van der Waals surface area (Å²) < 4.78 is 5.16. The Morgan fingerprint density at radius 1 is 1.38 bits per heavy atom. The van der Waals surface area contributed by atoms with Crippen LogP contribution in [0.1, 0.15) is 26.7 Å². The first-order chi connectivity index (χ1) is 11.5. The molecule has 1 heterocycles. The number of methoxy groups -OCH3 is 1. The third-order valence-corrected chi connectivity index (χ3v) is 4.47. The molecular weight excluding hydrogens is 322 g/mol. The van der Waals surface area contributed by atoms with Crippen LogP contribution in [0.4, 0.5) is 5.69 Å². The lowest BCUT2D eigenvalue weighted by atomic mass is 9.97. The van der Waals surface area contributed by atoms with Gasteiger partial charge in [-0.05, 0) is 55.2 Å². The van der Waals surface area contributed by atoms with Gasteiger partial charge in [0.15, 0.2) is 5.11 Å². The van der Waals surface area contributed by atoms with E-state index in [1.807, 2.05) is 24.3 Å². The van der Waals surface area contributed by atoms with Crippen LogP contribution >= 0.6 is 12.2 Å². The van der Waals surface area contributed by atoms with Crippen LogP contribution in [0, 0.1) is 11.8 Å². The third kappa shape index (κ3) is 5.37. The van der Waals surface area contributed by atoms with E-state index in [-0.39, 0.29) is 11.8 Å². The number of likely N-dealkylation sites (tertiary alicyclic amines) is 1. The Hall–Kier alpha value is -1.82. The van der Waals surface area contributed by atoms with Crippen LogP contribution in [0.25, 0.3) is 0 Å². The van der Waals surface area contributed by atoms with E-state index in [9.17, 15) is 4.79 Å². The van der Waals surface area contributed by atoms with Crippen LogP contribution in [0.3, 0.4) is 0 Å². The van der Waals surface area contributed by atoms with Crippen molar-refractivity contribution in [2.24, 2.45) is 11.8 Å². The van der Waals surface area contributed by atoms with Gasteiger partial charge in [0.2, 0.25) is 5.91 Å². The topological polar surface area (TPSA) is 53.6 Å². The number of anilines is 1. The second-order valence-electron chi connectivity index (χ2n) is 6.58. The standard InChI is InChI=1S/C18H27N3O2S/c1-13(2)11-19-17(22)14-5-4-10-21(12-14)18(24)20-15-6-8-16(23-3)9-7-15/h6-9,13-14H,4-5,10-12H2,1-3H3,(H,19,22)(H,20,24). The SMILES string of the molecule is COc1ccc(NC(=S)N2CCCC(C(=O)NCC(C)C)C2)cc1. The maximum atomic E-state index is 12.3. The molecule has 2 rings (SSSR count). The Balaban J connectivity index is 1.88. The van der Waals surface area contributed by atoms with Crippen molar-refractivity contribution >= 4 is 28.9 Å². The summed E-state index contributed by atoms with van der Waals surface area (Å²) in [5.74, 6) is 1.42. The molecule has 5 nitrogen and oxygen atoms in total. The van der Waals surface area contributed by atoms with Crippen molar-refractivity contribution in [1.29, 1.82) is 0 Å². The van der Waals surface area contributed by atoms with Crippen LogP contribution < -0.4 is 15.4 Å². The van der Waals surface area contributed by atoms with Gasteiger partial charge in [0.05, 0.1) is 13.0 Å². The molecule has 1 aliphatic rings. The van der Waals surface area contributed by atoms with Gasteiger partial charge in [-0.2, -0.15) is 0 Å². The number of ether oxygens (including phenoxy) is 1. The third-order valence-electron chi connectivity index (χ3n) is 4.11. The van der Waals surface area contributed by atoms with Gasteiger partial charge in [-0.3, -0.25) is 4.79 Å².